The third-order valence-corrected chi connectivity index (χ3v) is 7.49. The molecular weight excluding hydrogens is 422 g/mol. The lowest BCUT2D eigenvalue weighted by molar-refractivity contribution is 0.143. The molecule has 2 aromatic carbocycles. The average molecular weight is 452 g/mol. The maximum atomic E-state index is 12.8. The zero-order chi connectivity index (χ0) is 23.1. The number of nitrogens with one attached hydrogen (secondary N) is 1. The third-order valence-electron chi connectivity index (χ3n) is 5.68. The molecule has 7 heteroatoms. The molecule has 2 heterocycles. The van der Waals surface area contributed by atoms with E-state index in [0.29, 0.717) is 0 Å². The van der Waals surface area contributed by atoms with E-state index in [1.165, 1.54) is 18.4 Å². The van der Waals surface area contributed by atoms with Crippen LogP contribution in [0.5, 0.6) is 0 Å². The van der Waals surface area contributed by atoms with E-state index < -0.39 is 15.6 Å². The number of benzene rings is 2. The van der Waals surface area contributed by atoms with Crippen LogP contribution < -0.4 is 4.90 Å². The smallest absolute Gasteiger partial charge is 0.242 e. The lowest BCUT2D eigenvalue weighted by atomic mass is 10.1. The van der Waals surface area contributed by atoms with Crippen LogP contribution in [-0.4, -0.2) is 55.6 Å². The van der Waals surface area contributed by atoms with Gasteiger partial charge in [-0.15, -0.1) is 0 Å². The second kappa shape index (κ2) is 8.28. The molecule has 168 valence electrons. The van der Waals surface area contributed by atoms with Crippen molar-refractivity contribution in [1.82, 2.24) is 9.29 Å². The molecule has 1 saturated heterocycles. The number of hydrogen-bond acceptors (Lipinski definition) is 4. The average Bonchev–Trinajstić information content (AvgIpc) is 3.38. The number of aromatic amines is 1. The summed E-state index contributed by atoms with van der Waals surface area (Å²) in [6.45, 7) is 4.92. The Kier molecular flexibility index (Phi) is 5.80. The number of nitrogens with zero attached hydrogens (tertiary/aromatic N) is 2. The zero-order valence-corrected chi connectivity index (χ0v) is 19.7. The maximum absolute atomic E-state index is 12.8. The standard InChI is InChI=1S/C25H29N3O3S/c1-25(2,29)13-11-18-12-14-28(17-18)24-10-9-20(32(30,31)27(3)4)16-21(24)23-15-19-7-5-6-8-22(19)26-23/h5-10,15-16,18,26,29H,12,14,17H2,1-4H3. The Morgan fingerprint density at radius 1 is 1.16 bits per heavy atom. The molecule has 0 spiro atoms. The van der Waals surface area contributed by atoms with Gasteiger partial charge in [0.25, 0.3) is 0 Å². The largest absolute Gasteiger partial charge is 0.378 e. The summed E-state index contributed by atoms with van der Waals surface area (Å²) in [5.41, 5.74) is 2.69. The summed E-state index contributed by atoms with van der Waals surface area (Å²) >= 11 is 0. The fraction of sp³-hybridized carbons (Fsp3) is 0.360. The summed E-state index contributed by atoms with van der Waals surface area (Å²) in [6.07, 6.45) is 0.896. The van der Waals surface area contributed by atoms with Crippen molar-refractivity contribution in [3.63, 3.8) is 0 Å². The van der Waals surface area contributed by atoms with E-state index in [4.69, 9.17) is 0 Å². The molecule has 1 aliphatic heterocycles. The van der Waals surface area contributed by atoms with Crippen LogP contribution in [0.2, 0.25) is 0 Å². The van der Waals surface area contributed by atoms with Gasteiger partial charge in [0.05, 0.1) is 4.90 Å². The van der Waals surface area contributed by atoms with Crippen molar-refractivity contribution < 1.29 is 13.5 Å². The van der Waals surface area contributed by atoms with E-state index in [1.54, 1.807) is 26.0 Å². The second-order valence-corrected chi connectivity index (χ2v) is 11.1. The lowest BCUT2D eigenvalue weighted by Crippen LogP contribution is -2.23. The van der Waals surface area contributed by atoms with E-state index in [1.807, 2.05) is 30.3 Å². The van der Waals surface area contributed by atoms with Crippen LogP contribution in [0.3, 0.4) is 0 Å². The first-order valence-corrected chi connectivity index (χ1v) is 12.1. The van der Waals surface area contributed by atoms with Crippen LogP contribution in [0.25, 0.3) is 22.2 Å². The van der Waals surface area contributed by atoms with Crippen LogP contribution in [0.4, 0.5) is 5.69 Å². The Labute approximate surface area is 189 Å². The number of para-hydroxylation sites is 1. The molecule has 0 bridgehead atoms. The normalized spacial score (nSPS) is 17.1. The van der Waals surface area contributed by atoms with Crippen LogP contribution in [0.1, 0.15) is 20.3 Å². The number of aliphatic hydroxyl groups is 1. The van der Waals surface area contributed by atoms with Gasteiger partial charge in [0, 0.05) is 61.0 Å². The molecule has 0 aliphatic carbocycles. The lowest BCUT2D eigenvalue weighted by Gasteiger charge is -2.23. The Morgan fingerprint density at radius 2 is 1.91 bits per heavy atom. The topological polar surface area (TPSA) is 76.6 Å². The number of anilines is 1. The number of H-pyrrole nitrogens is 1. The Morgan fingerprint density at radius 3 is 2.59 bits per heavy atom. The summed E-state index contributed by atoms with van der Waals surface area (Å²) in [7, 11) is -0.483. The quantitative estimate of drug-likeness (QED) is 0.593. The van der Waals surface area contributed by atoms with Gasteiger partial charge in [0.2, 0.25) is 10.0 Å². The van der Waals surface area contributed by atoms with Crippen molar-refractivity contribution >= 4 is 26.6 Å². The van der Waals surface area contributed by atoms with Gasteiger partial charge in [0.1, 0.15) is 5.60 Å². The minimum atomic E-state index is -3.56. The van der Waals surface area contributed by atoms with Gasteiger partial charge in [0.15, 0.2) is 0 Å². The number of aromatic nitrogens is 1. The molecule has 0 saturated carbocycles. The van der Waals surface area contributed by atoms with Crippen molar-refractivity contribution in [1.29, 1.82) is 0 Å². The van der Waals surface area contributed by atoms with E-state index in [2.05, 4.69) is 27.8 Å². The molecule has 1 aromatic heterocycles. The van der Waals surface area contributed by atoms with Gasteiger partial charge in [-0.25, -0.2) is 12.7 Å². The summed E-state index contributed by atoms with van der Waals surface area (Å²) < 4.78 is 26.9. The van der Waals surface area contributed by atoms with Gasteiger partial charge >= 0.3 is 0 Å². The van der Waals surface area contributed by atoms with Crippen molar-refractivity contribution in [2.75, 3.05) is 32.1 Å². The molecule has 2 N–H and O–H groups in total. The van der Waals surface area contributed by atoms with Gasteiger partial charge in [-0.1, -0.05) is 30.0 Å². The molecule has 1 aliphatic rings. The molecule has 6 nitrogen and oxygen atoms in total. The van der Waals surface area contributed by atoms with Crippen molar-refractivity contribution in [3.8, 4) is 23.1 Å². The monoisotopic (exact) mass is 451 g/mol. The summed E-state index contributed by atoms with van der Waals surface area (Å²) in [5, 5.41) is 11.0. The predicted octanol–water partition coefficient (Wildman–Crippen LogP) is 3.69. The first-order chi connectivity index (χ1) is 15.0. The fourth-order valence-electron chi connectivity index (χ4n) is 3.97. The Hall–Kier alpha value is -2.79. The fourth-order valence-corrected chi connectivity index (χ4v) is 4.90. The highest BCUT2D eigenvalue weighted by Crippen LogP contribution is 2.37. The van der Waals surface area contributed by atoms with Gasteiger partial charge in [-0.05, 0) is 50.6 Å². The number of sulfonamides is 1. The van der Waals surface area contributed by atoms with E-state index in [0.717, 1.165) is 47.4 Å². The summed E-state index contributed by atoms with van der Waals surface area (Å²) in [4.78, 5) is 5.95. The highest BCUT2D eigenvalue weighted by molar-refractivity contribution is 7.89. The van der Waals surface area contributed by atoms with E-state index in [9.17, 15) is 13.5 Å². The second-order valence-electron chi connectivity index (χ2n) is 9.00. The molecule has 1 fully saturated rings. The molecule has 1 unspecified atom stereocenters. The van der Waals surface area contributed by atoms with E-state index >= 15 is 0 Å². The molecule has 4 rings (SSSR count). The zero-order valence-electron chi connectivity index (χ0n) is 18.9. The Bertz CT molecular complexity index is 1270. The third kappa shape index (κ3) is 4.53. The van der Waals surface area contributed by atoms with Crippen LogP contribution in [0.15, 0.2) is 53.4 Å². The van der Waals surface area contributed by atoms with Crippen molar-refractivity contribution in [2.45, 2.75) is 30.8 Å². The first kappa shape index (κ1) is 22.4. The van der Waals surface area contributed by atoms with Gasteiger partial charge in [-0.2, -0.15) is 0 Å². The highest BCUT2D eigenvalue weighted by Gasteiger charge is 2.26. The molecular formula is C25H29N3O3S. The number of fused-ring (bicyclic) bond motifs is 1. The van der Waals surface area contributed by atoms with Crippen molar-refractivity contribution in [2.24, 2.45) is 5.92 Å². The first-order valence-electron chi connectivity index (χ1n) is 10.7. The SMILES string of the molecule is CN(C)S(=O)(=O)c1ccc(N2CCC(C#CC(C)(C)O)C2)c(-c2cc3ccccc3[nH]2)c1. The highest BCUT2D eigenvalue weighted by atomic mass is 32.2. The summed E-state index contributed by atoms with van der Waals surface area (Å²) in [5.74, 6) is 6.28. The number of rotatable bonds is 4. The van der Waals surface area contributed by atoms with Crippen LogP contribution in [0, 0.1) is 17.8 Å². The molecule has 3 aromatic rings. The molecule has 0 radical (unpaired) electrons. The number of hydrogen-bond donors (Lipinski definition) is 2. The van der Waals surface area contributed by atoms with E-state index in [-0.39, 0.29) is 10.8 Å². The summed E-state index contributed by atoms with van der Waals surface area (Å²) in [6, 6.07) is 15.4. The predicted molar refractivity (Wildman–Crippen MR) is 129 cm³/mol. The van der Waals surface area contributed by atoms with Gasteiger partial charge < -0.3 is 15.0 Å². The molecule has 0 amide bonds. The van der Waals surface area contributed by atoms with Crippen LogP contribution in [-0.2, 0) is 10.0 Å². The minimum Gasteiger partial charge on any atom is -0.378 e. The Balaban J connectivity index is 1.78. The molecule has 32 heavy (non-hydrogen) atoms. The molecule has 1 atom stereocenters. The van der Waals surface area contributed by atoms with Crippen molar-refractivity contribution in [3.05, 3.63) is 48.5 Å². The minimum absolute atomic E-state index is 0.155. The maximum Gasteiger partial charge on any atom is 0.242 e. The van der Waals surface area contributed by atoms with Crippen LogP contribution >= 0.6 is 0 Å². The van der Waals surface area contributed by atoms with Gasteiger partial charge in [-0.3, -0.25) is 0 Å².